The van der Waals surface area contributed by atoms with Crippen LogP contribution in [0, 0.1) is 10.1 Å². The summed E-state index contributed by atoms with van der Waals surface area (Å²) in [6.45, 7) is 1.97. The third-order valence-electron chi connectivity index (χ3n) is 3.59. The molecule has 6 nitrogen and oxygen atoms in total. The van der Waals surface area contributed by atoms with E-state index in [4.69, 9.17) is 0 Å². The first kappa shape index (κ1) is 14.5. The molecule has 0 saturated carbocycles. The van der Waals surface area contributed by atoms with E-state index in [9.17, 15) is 14.9 Å². The molecule has 0 bridgehead atoms. The molecular formula is C15H15N3O3S. The van der Waals surface area contributed by atoms with Crippen LogP contribution >= 0.6 is 11.3 Å². The molecule has 0 spiro atoms. The van der Waals surface area contributed by atoms with Gasteiger partial charge in [-0.05, 0) is 31.0 Å². The van der Waals surface area contributed by atoms with Crippen molar-refractivity contribution < 1.29 is 9.72 Å². The number of carbonyl (C=O) groups is 1. The van der Waals surface area contributed by atoms with Crippen molar-refractivity contribution in [3.8, 4) is 0 Å². The topological polar surface area (TPSA) is 75.5 Å². The van der Waals surface area contributed by atoms with Gasteiger partial charge < -0.3 is 10.2 Å². The summed E-state index contributed by atoms with van der Waals surface area (Å²) in [6.07, 6.45) is 2.30. The molecule has 1 aromatic carbocycles. The number of thiophene rings is 1. The van der Waals surface area contributed by atoms with Gasteiger partial charge in [0, 0.05) is 19.2 Å². The molecule has 2 heterocycles. The minimum atomic E-state index is -0.486. The van der Waals surface area contributed by atoms with E-state index in [-0.39, 0.29) is 10.9 Å². The molecule has 22 heavy (non-hydrogen) atoms. The van der Waals surface area contributed by atoms with Gasteiger partial charge in [-0.2, -0.15) is 0 Å². The van der Waals surface area contributed by atoms with Gasteiger partial charge in [-0.3, -0.25) is 14.9 Å². The van der Waals surface area contributed by atoms with Crippen molar-refractivity contribution in [2.24, 2.45) is 0 Å². The Morgan fingerprint density at radius 3 is 2.59 bits per heavy atom. The predicted molar refractivity (Wildman–Crippen MR) is 86.8 cm³/mol. The third-order valence-corrected chi connectivity index (χ3v) is 4.63. The number of carbonyl (C=O) groups excluding carboxylic acids is 1. The Balaban J connectivity index is 1.80. The van der Waals surface area contributed by atoms with Crippen LogP contribution in [0.25, 0.3) is 0 Å². The molecule has 0 atom stereocenters. The maximum atomic E-state index is 12.3. The first-order valence-electron chi connectivity index (χ1n) is 7.05. The van der Waals surface area contributed by atoms with Crippen LogP contribution in [0.15, 0.2) is 36.4 Å². The van der Waals surface area contributed by atoms with Gasteiger partial charge in [0.05, 0.1) is 21.2 Å². The van der Waals surface area contributed by atoms with E-state index in [1.165, 1.54) is 12.1 Å². The lowest BCUT2D eigenvalue weighted by Crippen LogP contribution is -2.20. The monoisotopic (exact) mass is 317 g/mol. The fourth-order valence-corrected chi connectivity index (χ4v) is 3.26. The predicted octanol–water partition coefficient (Wildman–Crippen LogP) is 3.51. The Morgan fingerprint density at radius 2 is 1.91 bits per heavy atom. The van der Waals surface area contributed by atoms with Crippen LogP contribution in [0.2, 0.25) is 0 Å². The lowest BCUT2D eigenvalue weighted by Gasteiger charge is -2.21. The number of amides is 1. The van der Waals surface area contributed by atoms with Crippen LogP contribution in [-0.2, 0) is 0 Å². The van der Waals surface area contributed by atoms with E-state index in [0.717, 1.165) is 48.6 Å². The van der Waals surface area contributed by atoms with Gasteiger partial charge in [-0.1, -0.05) is 23.5 Å². The zero-order valence-electron chi connectivity index (χ0n) is 11.8. The van der Waals surface area contributed by atoms with Gasteiger partial charge in [0.15, 0.2) is 0 Å². The molecule has 114 valence electrons. The van der Waals surface area contributed by atoms with E-state index in [1.54, 1.807) is 0 Å². The second-order valence-electron chi connectivity index (χ2n) is 5.06. The maximum absolute atomic E-state index is 12.3. The lowest BCUT2D eigenvalue weighted by atomic mass is 10.2. The number of para-hydroxylation sites is 2. The quantitative estimate of drug-likeness (QED) is 0.691. The Bertz CT molecular complexity index is 708. The summed E-state index contributed by atoms with van der Waals surface area (Å²) in [5, 5.41) is 13.5. The number of benzene rings is 1. The van der Waals surface area contributed by atoms with Crippen LogP contribution in [0.4, 0.5) is 16.4 Å². The summed E-state index contributed by atoms with van der Waals surface area (Å²) in [4.78, 5) is 25.1. The van der Waals surface area contributed by atoms with Crippen molar-refractivity contribution in [2.45, 2.75) is 12.8 Å². The number of rotatable bonds is 4. The molecule has 1 N–H and O–H groups in total. The fourth-order valence-electron chi connectivity index (χ4n) is 2.54. The van der Waals surface area contributed by atoms with E-state index in [0.29, 0.717) is 4.88 Å². The van der Waals surface area contributed by atoms with Gasteiger partial charge in [-0.25, -0.2) is 0 Å². The largest absolute Gasteiger partial charge is 0.370 e. The number of hydrogen-bond acceptors (Lipinski definition) is 5. The van der Waals surface area contributed by atoms with Crippen LogP contribution in [0.1, 0.15) is 22.5 Å². The Morgan fingerprint density at radius 1 is 1.18 bits per heavy atom. The minimum absolute atomic E-state index is 0.0296. The molecular weight excluding hydrogens is 302 g/mol. The lowest BCUT2D eigenvalue weighted by molar-refractivity contribution is -0.380. The summed E-state index contributed by atoms with van der Waals surface area (Å²) in [7, 11) is 0. The Hall–Kier alpha value is -2.41. The van der Waals surface area contributed by atoms with E-state index in [1.807, 2.05) is 24.3 Å². The summed E-state index contributed by atoms with van der Waals surface area (Å²) >= 11 is 0.882. The highest BCUT2D eigenvalue weighted by Gasteiger charge is 2.19. The molecule has 1 amide bonds. The molecule has 1 aromatic heterocycles. The molecule has 0 radical (unpaired) electrons. The summed E-state index contributed by atoms with van der Waals surface area (Å²) in [6, 6.07) is 10.5. The van der Waals surface area contributed by atoms with Crippen molar-refractivity contribution >= 4 is 33.6 Å². The molecule has 0 unspecified atom stereocenters. The van der Waals surface area contributed by atoms with Gasteiger partial charge in [0.1, 0.15) is 0 Å². The van der Waals surface area contributed by atoms with Crippen molar-refractivity contribution in [3.63, 3.8) is 0 Å². The van der Waals surface area contributed by atoms with Crippen molar-refractivity contribution in [2.75, 3.05) is 23.3 Å². The number of nitrogens with zero attached hydrogens (tertiary/aromatic N) is 2. The van der Waals surface area contributed by atoms with E-state index in [2.05, 4.69) is 10.2 Å². The number of anilines is 2. The maximum Gasteiger partial charge on any atom is 0.324 e. The third kappa shape index (κ3) is 2.94. The molecule has 3 rings (SSSR count). The molecule has 7 heteroatoms. The normalized spacial score (nSPS) is 14.1. The molecule has 1 fully saturated rings. The molecule has 0 aliphatic carbocycles. The van der Waals surface area contributed by atoms with Crippen LogP contribution < -0.4 is 10.2 Å². The molecule has 1 aliphatic rings. The first-order chi connectivity index (χ1) is 10.6. The summed E-state index contributed by atoms with van der Waals surface area (Å²) < 4.78 is 0. The van der Waals surface area contributed by atoms with Crippen LogP contribution in [-0.4, -0.2) is 23.9 Å². The first-order valence-corrected chi connectivity index (χ1v) is 7.86. The minimum Gasteiger partial charge on any atom is -0.370 e. The van der Waals surface area contributed by atoms with E-state index < -0.39 is 4.92 Å². The molecule has 2 aromatic rings. The van der Waals surface area contributed by atoms with Crippen molar-refractivity contribution in [1.82, 2.24) is 0 Å². The Kier molecular flexibility index (Phi) is 4.06. The van der Waals surface area contributed by atoms with Crippen molar-refractivity contribution in [3.05, 3.63) is 51.4 Å². The second kappa shape index (κ2) is 6.15. The second-order valence-corrected chi connectivity index (χ2v) is 6.12. The zero-order valence-corrected chi connectivity index (χ0v) is 12.6. The van der Waals surface area contributed by atoms with Gasteiger partial charge in [0.25, 0.3) is 5.91 Å². The number of nitro groups is 1. The highest BCUT2D eigenvalue weighted by Crippen LogP contribution is 2.30. The highest BCUT2D eigenvalue weighted by atomic mass is 32.1. The van der Waals surface area contributed by atoms with Crippen LogP contribution in [0.3, 0.4) is 0 Å². The number of nitrogens with one attached hydrogen (secondary N) is 1. The smallest absolute Gasteiger partial charge is 0.324 e. The fraction of sp³-hybridized carbons (Fsp3) is 0.267. The SMILES string of the molecule is O=C(Nc1ccccc1N1CCCC1)c1ccc([N+](=O)[O-])s1. The van der Waals surface area contributed by atoms with E-state index >= 15 is 0 Å². The zero-order chi connectivity index (χ0) is 15.5. The molecule has 1 aliphatic heterocycles. The van der Waals surface area contributed by atoms with Crippen LogP contribution in [0.5, 0.6) is 0 Å². The number of hydrogen-bond donors (Lipinski definition) is 1. The summed E-state index contributed by atoms with van der Waals surface area (Å²) in [5.74, 6) is -0.315. The highest BCUT2D eigenvalue weighted by molar-refractivity contribution is 7.17. The standard InChI is InChI=1S/C15H15N3O3S/c19-15(13-7-8-14(22-13)18(20)21)16-11-5-1-2-6-12(11)17-9-3-4-10-17/h1-2,5-8H,3-4,9-10H2,(H,16,19). The Labute approximate surface area is 131 Å². The van der Waals surface area contributed by atoms with Gasteiger partial charge in [0.2, 0.25) is 0 Å². The van der Waals surface area contributed by atoms with Crippen molar-refractivity contribution in [1.29, 1.82) is 0 Å². The average Bonchev–Trinajstić information content (AvgIpc) is 3.19. The van der Waals surface area contributed by atoms with Gasteiger partial charge >= 0.3 is 5.00 Å². The summed E-state index contributed by atoms with van der Waals surface area (Å²) in [5.41, 5.74) is 1.74. The van der Waals surface area contributed by atoms with Gasteiger partial charge in [-0.15, -0.1) is 0 Å². The molecule has 1 saturated heterocycles. The average molecular weight is 317 g/mol.